The Morgan fingerprint density at radius 2 is 2.23 bits per heavy atom. The van der Waals surface area contributed by atoms with E-state index in [9.17, 15) is 4.79 Å². The van der Waals surface area contributed by atoms with Crippen molar-refractivity contribution in [3.05, 3.63) is 53.5 Å². The van der Waals surface area contributed by atoms with E-state index in [1.54, 1.807) is 7.11 Å². The Bertz CT molecular complexity index is 775. The van der Waals surface area contributed by atoms with Gasteiger partial charge in [0.15, 0.2) is 0 Å². The first-order valence-electron chi connectivity index (χ1n) is 7.10. The number of aromatic nitrogens is 3. The second-order valence-electron chi connectivity index (χ2n) is 5.13. The number of hydrogen-bond acceptors (Lipinski definition) is 3. The van der Waals surface area contributed by atoms with Gasteiger partial charge in [-0.25, -0.2) is 0 Å². The summed E-state index contributed by atoms with van der Waals surface area (Å²) >= 11 is 0. The number of benzene rings is 1. The molecule has 0 bridgehead atoms. The number of carbonyl (C=O) groups is 1. The second-order valence-corrected chi connectivity index (χ2v) is 5.13. The minimum absolute atomic E-state index is 0.0207. The zero-order valence-corrected chi connectivity index (χ0v) is 12.3. The van der Waals surface area contributed by atoms with Gasteiger partial charge >= 0.3 is 0 Å². The highest BCUT2D eigenvalue weighted by molar-refractivity contribution is 5.88. The number of amides is 1. The summed E-state index contributed by atoms with van der Waals surface area (Å²) in [5, 5.41) is 11.0. The number of H-pyrrole nitrogens is 2. The molecule has 0 aliphatic heterocycles. The van der Waals surface area contributed by atoms with Crippen LogP contribution in [0, 0.1) is 0 Å². The van der Waals surface area contributed by atoms with Crippen molar-refractivity contribution >= 4 is 16.8 Å². The predicted molar refractivity (Wildman–Crippen MR) is 83.2 cm³/mol. The fourth-order valence-corrected chi connectivity index (χ4v) is 2.43. The summed E-state index contributed by atoms with van der Waals surface area (Å²) in [6.07, 6.45) is 2.24. The number of nitrogens with zero attached hydrogens (tertiary/aromatic N) is 1. The van der Waals surface area contributed by atoms with Crippen molar-refractivity contribution in [3.8, 4) is 0 Å². The van der Waals surface area contributed by atoms with Crippen LogP contribution in [0.3, 0.4) is 0 Å². The van der Waals surface area contributed by atoms with Crippen molar-refractivity contribution in [1.82, 2.24) is 20.5 Å². The van der Waals surface area contributed by atoms with Crippen LogP contribution in [0.4, 0.5) is 0 Å². The van der Waals surface area contributed by atoms with Crippen molar-refractivity contribution in [2.75, 3.05) is 7.11 Å². The van der Waals surface area contributed by atoms with Gasteiger partial charge in [0, 0.05) is 24.2 Å². The van der Waals surface area contributed by atoms with Crippen LogP contribution < -0.4 is 5.32 Å². The van der Waals surface area contributed by atoms with E-state index in [4.69, 9.17) is 4.74 Å². The largest absolute Gasteiger partial charge is 0.378 e. The highest BCUT2D eigenvalue weighted by Crippen LogP contribution is 2.17. The van der Waals surface area contributed by atoms with E-state index in [0.29, 0.717) is 19.6 Å². The molecule has 3 rings (SSSR count). The molecule has 2 aromatic heterocycles. The van der Waals surface area contributed by atoms with Crippen LogP contribution in [-0.2, 0) is 29.1 Å². The molecular weight excluding hydrogens is 280 g/mol. The summed E-state index contributed by atoms with van der Waals surface area (Å²) in [6.45, 7) is 0.887. The van der Waals surface area contributed by atoms with E-state index >= 15 is 0 Å². The van der Waals surface area contributed by atoms with Crippen LogP contribution in [0.25, 0.3) is 10.9 Å². The molecule has 0 spiro atoms. The van der Waals surface area contributed by atoms with Gasteiger partial charge < -0.3 is 15.0 Å². The molecule has 6 nitrogen and oxygen atoms in total. The summed E-state index contributed by atoms with van der Waals surface area (Å²) in [5.74, 6) is -0.0207. The Labute approximate surface area is 127 Å². The van der Waals surface area contributed by atoms with E-state index in [1.165, 1.54) is 0 Å². The van der Waals surface area contributed by atoms with E-state index < -0.39 is 0 Å². The van der Waals surface area contributed by atoms with Gasteiger partial charge in [-0.15, -0.1) is 0 Å². The minimum Gasteiger partial charge on any atom is -0.378 e. The Balaban J connectivity index is 1.58. The zero-order valence-electron chi connectivity index (χ0n) is 12.3. The molecule has 22 heavy (non-hydrogen) atoms. The molecular formula is C16H18N4O2. The van der Waals surface area contributed by atoms with Gasteiger partial charge in [-0.2, -0.15) is 5.10 Å². The van der Waals surface area contributed by atoms with Gasteiger partial charge in [0.25, 0.3) is 0 Å². The number of carbonyl (C=O) groups excluding carboxylic acids is 1. The lowest BCUT2D eigenvalue weighted by atomic mass is 10.1. The maximum absolute atomic E-state index is 12.1. The molecule has 0 saturated heterocycles. The summed E-state index contributed by atoms with van der Waals surface area (Å²) in [5.41, 5.74) is 3.73. The predicted octanol–water partition coefficient (Wildman–Crippen LogP) is 1.90. The first-order chi connectivity index (χ1) is 10.8. The third-order valence-corrected chi connectivity index (χ3v) is 3.48. The van der Waals surface area contributed by atoms with Crippen LogP contribution >= 0.6 is 0 Å². The van der Waals surface area contributed by atoms with E-state index in [-0.39, 0.29) is 5.91 Å². The molecule has 0 aliphatic rings. The Morgan fingerprint density at radius 3 is 3.09 bits per heavy atom. The lowest BCUT2D eigenvalue weighted by Gasteiger charge is -2.03. The number of aromatic amines is 2. The highest BCUT2D eigenvalue weighted by Gasteiger charge is 2.09. The zero-order chi connectivity index (χ0) is 15.4. The molecule has 0 unspecified atom stereocenters. The van der Waals surface area contributed by atoms with E-state index in [1.807, 2.05) is 36.5 Å². The van der Waals surface area contributed by atoms with Crippen LogP contribution in [0.1, 0.15) is 17.0 Å². The lowest BCUT2D eigenvalue weighted by molar-refractivity contribution is -0.120. The average Bonchev–Trinajstić information content (AvgIpc) is 3.13. The van der Waals surface area contributed by atoms with Crippen LogP contribution in [0.2, 0.25) is 0 Å². The molecule has 2 heterocycles. The van der Waals surface area contributed by atoms with E-state index in [0.717, 1.165) is 27.9 Å². The number of fused-ring (bicyclic) bond motifs is 1. The van der Waals surface area contributed by atoms with Crippen LogP contribution in [0.15, 0.2) is 36.5 Å². The Kier molecular flexibility index (Phi) is 4.20. The van der Waals surface area contributed by atoms with Gasteiger partial charge in [0.05, 0.1) is 31.0 Å². The summed E-state index contributed by atoms with van der Waals surface area (Å²) in [7, 11) is 1.62. The first kappa shape index (κ1) is 14.3. The molecule has 0 atom stereocenters. The number of rotatable bonds is 6. The molecule has 0 saturated carbocycles. The van der Waals surface area contributed by atoms with Crippen molar-refractivity contribution in [3.63, 3.8) is 0 Å². The Hall–Kier alpha value is -2.60. The van der Waals surface area contributed by atoms with Gasteiger partial charge in [-0.05, 0) is 17.7 Å². The topological polar surface area (TPSA) is 82.8 Å². The molecule has 0 aliphatic carbocycles. The third kappa shape index (κ3) is 3.17. The molecule has 3 N–H and O–H groups in total. The quantitative estimate of drug-likeness (QED) is 0.650. The molecule has 0 fully saturated rings. The second kappa shape index (κ2) is 6.44. The molecule has 6 heteroatoms. The van der Waals surface area contributed by atoms with Crippen molar-refractivity contribution in [1.29, 1.82) is 0 Å². The minimum atomic E-state index is -0.0207. The lowest BCUT2D eigenvalue weighted by Crippen LogP contribution is -2.24. The number of ether oxygens (including phenoxy) is 1. The molecule has 1 amide bonds. The summed E-state index contributed by atoms with van der Waals surface area (Å²) in [6, 6.07) is 9.84. The first-order valence-corrected chi connectivity index (χ1v) is 7.10. The van der Waals surface area contributed by atoms with Gasteiger partial charge in [-0.1, -0.05) is 18.2 Å². The van der Waals surface area contributed by atoms with Gasteiger partial charge in [0.2, 0.25) is 5.91 Å². The van der Waals surface area contributed by atoms with Crippen LogP contribution in [0.5, 0.6) is 0 Å². The maximum Gasteiger partial charge on any atom is 0.224 e. The molecule has 114 valence electrons. The fourth-order valence-electron chi connectivity index (χ4n) is 2.43. The molecule has 1 aromatic carbocycles. The van der Waals surface area contributed by atoms with Crippen molar-refractivity contribution in [2.24, 2.45) is 0 Å². The molecule has 3 aromatic rings. The monoisotopic (exact) mass is 298 g/mol. The summed E-state index contributed by atoms with van der Waals surface area (Å²) in [4.78, 5) is 15.3. The highest BCUT2D eigenvalue weighted by atomic mass is 16.5. The molecule has 0 radical (unpaired) electrons. The third-order valence-electron chi connectivity index (χ3n) is 3.48. The normalized spacial score (nSPS) is 11.0. The number of nitrogens with one attached hydrogen (secondary N) is 3. The van der Waals surface area contributed by atoms with E-state index in [2.05, 4.69) is 20.5 Å². The van der Waals surface area contributed by atoms with Gasteiger partial charge in [-0.3, -0.25) is 9.89 Å². The van der Waals surface area contributed by atoms with Crippen molar-refractivity contribution in [2.45, 2.75) is 19.6 Å². The number of hydrogen-bond donors (Lipinski definition) is 3. The Morgan fingerprint density at radius 1 is 1.36 bits per heavy atom. The SMILES string of the molecule is COCc1cc(CNC(=O)Cc2c[nH]c3ccccc23)[nH]n1. The fraction of sp³-hybridized carbons (Fsp3) is 0.250. The number of para-hydroxylation sites is 1. The van der Waals surface area contributed by atoms with Crippen LogP contribution in [-0.4, -0.2) is 28.2 Å². The van der Waals surface area contributed by atoms with Crippen molar-refractivity contribution < 1.29 is 9.53 Å². The number of methoxy groups -OCH3 is 1. The standard InChI is InChI=1S/C16H18N4O2/c1-22-10-13-7-12(19-20-13)9-18-16(21)6-11-8-17-15-5-3-2-4-14(11)15/h2-5,7-8,17H,6,9-10H2,1H3,(H,18,21)(H,19,20). The van der Waals surface area contributed by atoms with Gasteiger partial charge in [0.1, 0.15) is 0 Å². The smallest absolute Gasteiger partial charge is 0.224 e. The summed E-state index contributed by atoms with van der Waals surface area (Å²) < 4.78 is 5.00. The average molecular weight is 298 g/mol. The maximum atomic E-state index is 12.1.